The summed E-state index contributed by atoms with van der Waals surface area (Å²) in [5.41, 5.74) is 2.67. The van der Waals surface area contributed by atoms with E-state index in [0.717, 1.165) is 10.0 Å². The van der Waals surface area contributed by atoms with Gasteiger partial charge in [-0.25, -0.2) is 9.69 Å². The zero-order valence-corrected chi connectivity index (χ0v) is 20.5. The van der Waals surface area contributed by atoms with Gasteiger partial charge < -0.3 is 9.47 Å². The lowest BCUT2D eigenvalue weighted by Crippen LogP contribution is -2.29. The lowest BCUT2D eigenvalue weighted by atomic mass is 10.1. The number of ether oxygens (including phenoxy) is 2. The number of anilines is 2. The Bertz CT molecular complexity index is 1300. The first-order chi connectivity index (χ1) is 17.0. The second-order valence-corrected chi connectivity index (χ2v) is 8.40. The number of benzene rings is 4. The summed E-state index contributed by atoms with van der Waals surface area (Å²) in [6.07, 6.45) is 2.61. The molecule has 6 heteroatoms. The summed E-state index contributed by atoms with van der Waals surface area (Å²) >= 11 is 3.36. The molecule has 4 rings (SSSR count). The van der Waals surface area contributed by atoms with Gasteiger partial charge in [-0.1, -0.05) is 64.5 Å². The van der Waals surface area contributed by atoms with Crippen LogP contribution in [0.15, 0.2) is 114 Å². The molecule has 35 heavy (non-hydrogen) atoms. The summed E-state index contributed by atoms with van der Waals surface area (Å²) < 4.78 is 12.1. The van der Waals surface area contributed by atoms with Gasteiger partial charge >= 0.3 is 6.09 Å². The van der Waals surface area contributed by atoms with Crippen molar-refractivity contribution in [2.75, 3.05) is 12.0 Å². The average Bonchev–Trinajstić information content (AvgIpc) is 2.89. The van der Waals surface area contributed by atoms with Crippen molar-refractivity contribution in [1.82, 2.24) is 0 Å². The fraction of sp³-hybridized carbons (Fsp3) is 0.0345. The molecule has 0 aliphatic carbocycles. The largest absolute Gasteiger partial charge is 0.493 e. The highest BCUT2D eigenvalue weighted by Crippen LogP contribution is 2.32. The van der Waals surface area contributed by atoms with Crippen LogP contribution in [-0.2, 0) is 0 Å². The highest BCUT2D eigenvalue weighted by Gasteiger charge is 2.21. The number of hydrogen-bond donors (Lipinski definition) is 0. The third kappa shape index (κ3) is 6.05. The molecule has 0 aromatic heterocycles. The minimum atomic E-state index is -0.575. The number of carbonyl (C=O) groups is 2. The maximum atomic E-state index is 13.2. The standard InChI is InChI=1S/C29H22BrNO4/c1-34-28-20-21(12-18-26(32)22-14-16-23(30)17-15-22)13-19-27(28)35-29(33)31(24-8-4-2-5-9-24)25-10-6-3-7-11-25/h2-20H,1H3. The van der Waals surface area contributed by atoms with Crippen molar-refractivity contribution in [1.29, 1.82) is 0 Å². The lowest BCUT2D eigenvalue weighted by molar-refractivity contribution is 0.104. The Morgan fingerprint density at radius 1 is 0.771 bits per heavy atom. The van der Waals surface area contributed by atoms with E-state index in [2.05, 4.69) is 15.9 Å². The van der Waals surface area contributed by atoms with Crippen molar-refractivity contribution in [2.45, 2.75) is 0 Å². The minimum absolute atomic E-state index is 0.117. The Morgan fingerprint density at radius 3 is 1.94 bits per heavy atom. The SMILES string of the molecule is COc1cc(C=CC(=O)c2ccc(Br)cc2)ccc1OC(=O)N(c1ccccc1)c1ccccc1. The van der Waals surface area contributed by atoms with E-state index in [-0.39, 0.29) is 11.5 Å². The first-order valence-corrected chi connectivity index (χ1v) is 11.6. The third-order valence-corrected chi connectivity index (χ3v) is 5.68. The molecule has 4 aromatic rings. The quantitative estimate of drug-likeness (QED) is 0.182. The summed E-state index contributed by atoms with van der Waals surface area (Å²) in [6.45, 7) is 0. The van der Waals surface area contributed by atoms with Gasteiger partial charge in [0.15, 0.2) is 17.3 Å². The molecule has 0 bridgehead atoms. The van der Waals surface area contributed by atoms with Crippen molar-refractivity contribution >= 4 is 45.3 Å². The second-order valence-electron chi connectivity index (χ2n) is 7.49. The maximum absolute atomic E-state index is 13.2. The van der Waals surface area contributed by atoms with Crippen LogP contribution in [0.3, 0.4) is 0 Å². The molecule has 174 valence electrons. The van der Waals surface area contributed by atoms with E-state index in [4.69, 9.17) is 9.47 Å². The van der Waals surface area contributed by atoms with Gasteiger partial charge in [0.25, 0.3) is 0 Å². The fourth-order valence-electron chi connectivity index (χ4n) is 3.41. The van der Waals surface area contributed by atoms with Crippen molar-refractivity contribution in [3.05, 3.63) is 125 Å². The number of nitrogens with zero attached hydrogens (tertiary/aromatic N) is 1. The van der Waals surface area contributed by atoms with Gasteiger partial charge in [0, 0.05) is 10.0 Å². The molecule has 5 nitrogen and oxygen atoms in total. The van der Waals surface area contributed by atoms with E-state index in [1.807, 2.05) is 72.8 Å². The third-order valence-electron chi connectivity index (χ3n) is 5.15. The second kappa shape index (κ2) is 11.3. The average molecular weight is 528 g/mol. The van der Waals surface area contributed by atoms with Gasteiger partial charge in [-0.2, -0.15) is 0 Å². The highest BCUT2D eigenvalue weighted by molar-refractivity contribution is 9.10. The Kier molecular flexibility index (Phi) is 7.75. The van der Waals surface area contributed by atoms with Crippen molar-refractivity contribution in [3.8, 4) is 11.5 Å². The van der Waals surface area contributed by atoms with Crippen LogP contribution in [-0.4, -0.2) is 19.0 Å². The topological polar surface area (TPSA) is 55.8 Å². The van der Waals surface area contributed by atoms with Gasteiger partial charge in [0.1, 0.15) is 0 Å². The number of ketones is 1. The van der Waals surface area contributed by atoms with Crippen LogP contribution >= 0.6 is 15.9 Å². The van der Waals surface area contributed by atoms with E-state index >= 15 is 0 Å². The molecule has 0 aliphatic rings. The predicted octanol–water partition coefficient (Wildman–Crippen LogP) is 7.69. The minimum Gasteiger partial charge on any atom is -0.493 e. The number of methoxy groups -OCH3 is 1. The van der Waals surface area contributed by atoms with Crippen LogP contribution < -0.4 is 14.4 Å². The number of carbonyl (C=O) groups excluding carboxylic acids is 2. The summed E-state index contributed by atoms with van der Waals surface area (Å²) in [5, 5.41) is 0. The molecular formula is C29H22BrNO4. The Morgan fingerprint density at radius 2 is 1.37 bits per heavy atom. The van der Waals surface area contributed by atoms with E-state index in [0.29, 0.717) is 22.7 Å². The smallest absolute Gasteiger partial charge is 0.424 e. The van der Waals surface area contributed by atoms with Crippen LogP contribution in [0.1, 0.15) is 15.9 Å². The van der Waals surface area contributed by atoms with Gasteiger partial charge in [-0.05, 0) is 72.3 Å². The summed E-state index contributed by atoms with van der Waals surface area (Å²) in [4.78, 5) is 27.2. The Labute approximate surface area is 212 Å². The number of allylic oxidation sites excluding steroid dienone is 1. The molecule has 0 spiro atoms. The van der Waals surface area contributed by atoms with Gasteiger partial charge in [-0.15, -0.1) is 0 Å². The van der Waals surface area contributed by atoms with Crippen LogP contribution in [0.25, 0.3) is 6.08 Å². The summed E-state index contributed by atoms with van der Waals surface area (Å²) in [6, 6.07) is 30.8. The molecule has 0 N–H and O–H groups in total. The molecule has 0 fully saturated rings. The van der Waals surface area contributed by atoms with Crippen LogP contribution in [0.4, 0.5) is 16.2 Å². The normalized spacial score (nSPS) is 10.7. The molecule has 0 unspecified atom stereocenters. The van der Waals surface area contributed by atoms with E-state index in [1.54, 1.807) is 36.4 Å². The molecule has 0 saturated heterocycles. The molecule has 0 saturated carbocycles. The van der Waals surface area contributed by atoms with Gasteiger partial charge in [-0.3, -0.25) is 4.79 Å². The number of amides is 1. The molecule has 1 amide bonds. The molecule has 0 heterocycles. The van der Waals surface area contributed by atoms with Crippen molar-refractivity contribution < 1.29 is 19.1 Å². The number of hydrogen-bond acceptors (Lipinski definition) is 4. The fourth-order valence-corrected chi connectivity index (χ4v) is 3.67. The zero-order chi connectivity index (χ0) is 24.6. The summed E-state index contributed by atoms with van der Waals surface area (Å²) in [7, 11) is 1.50. The van der Waals surface area contributed by atoms with Gasteiger partial charge in [0.2, 0.25) is 0 Å². The number of rotatable bonds is 7. The van der Waals surface area contributed by atoms with Crippen LogP contribution in [0.2, 0.25) is 0 Å². The highest BCUT2D eigenvalue weighted by atomic mass is 79.9. The van der Waals surface area contributed by atoms with Crippen LogP contribution in [0.5, 0.6) is 11.5 Å². The first-order valence-electron chi connectivity index (χ1n) is 10.8. The molecular weight excluding hydrogens is 506 g/mol. The Balaban J connectivity index is 1.55. The number of para-hydroxylation sites is 2. The van der Waals surface area contributed by atoms with E-state index in [1.165, 1.54) is 18.1 Å². The molecule has 0 radical (unpaired) electrons. The Hall–Kier alpha value is -4.16. The first kappa shape index (κ1) is 24.0. The summed E-state index contributed by atoms with van der Waals surface area (Å²) in [5.74, 6) is 0.525. The molecule has 0 aliphatic heterocycles. The van der Waals surface area contributed by atoms with Gasteiger partial charge in [0.05, 0.1) is 18.5 Å². The lowest BCUT2D eigenvalue weighted by Gasteiger charge is -2.22. The van der Waals surface area contributed by atoms with Crippen molar-refractivity contribution in [2.24, 2.45) is 0 Å². The monoisotopic (exact) mass is 527 g/mol. The van der Waals surface area contributed by atoms with Crippen LogP contribution in [0, 0.1) is 0 Å². The van der Waals surface area contributed by atoms with Crippen molar-refractivity contribution in [3.63, 3.8) is 0 Å². The number of halogens is 1. The maximum Gasteiger partial charge on any atom is 0.424 e. The zero-order valence-electron chi connectivity index (χ0n) is 18.9. The van der Waals surface area contributed by atoms with E-state index < -0.39 is 6.09 Å². The predicted molar refractivity (Wildman–Crippen MR) is 142 cm³/mol. The molecule has 4 aromatic carbocycles. The molecule has 0 atom stereocenters. The van der Waals surface area contributed by atoms with E-state index in [9.17, 15) is 9.59 Å².